The van der Waals surface area contributed by atoms with Crippen molar-refractivity contribution in [1.29, 1.82) is 0 Å². The zero-order valence-corrected chi connectivity index (χ0v) is 23.8. The van der Waals surface area contributed by atoms with Crippen LogP contribution >= 0.6 is 0 Å². The maximum Gasteiger partial charge on any atom is 0.254 e. The highest BCUT2D eigenvalue weighted by atomic mass is 16.2. The van der Waals surface area contributed by atoms with Crippen LogP contribution in [0.15, 0.2) is 48.5 Å². The fraction of sp³-hybridized carbons (Fsp3) is 0.438. The van der Waals surface area contributed by atoms with Gasteiger partial charge in [0.05, 0.1) is 6.04 Å². The van der Waals surface area contributed by atoms with E-state index in [1.807, 2.05) is 87.0 Å². The van der Waals surface area contributed by atoms with E-state index in [1.54, 1.807) is 0 Å². The van der Waals surface area contributed by atoms with Crippen LogP contribution in [-0.2, 0) is 6.42 Å². The Morgan fingerprint density at radius 3 is 2.38 bits per heavy atom. The summed E-state index contributed by atoms with van der Waals surface area (Å²) < 4.78 is 0. The van der Waals surface area contributed by atoms with Crippen LogP contribution in [0.2, 0.25) is 0 Å². The second-order valence-electron chi connectivity index (χ2n) is 10.9. The van der Waals surface area contributed by atoms with Gasteiger partial charge in [-0.15, -0.1) is 0 Å². The first-order valence-corrected chi connectivity index (χ1v) is 14.1. The number of piperidine rings is 1. The number of benzene rings is 2. The molecule has 0 bridgehead atoms. The molecular weight excluding hydrogens is 486 g/mol. The number of aryl methyl sites for hydroxylation is 4. The van der Waals surface area contributed by atoms with Gasteiger partial charge < -0.3 is 14.7 Å². The predicted octanol–water partition coefficient (Wildman–Crippen LogP) is 5.29. The van der Waals surface area contributed by atoms with E-state index in [2.05, 4.69) is 20.9 Å². The van der Waals surface area contributed by atoms with E-state index in [0.717, 1.165) is 72.8 Å². The number of rotatable bonds is 6. The van der Waals surface area contributed by atoms with Gasteiger partial charge in [0.2, 0.25) is 0 Å². The average molecular weight is 526 g/mol. The summed E-state index contributed by atoms with van der Waals surface area (Å²) >= 11 is 0. The van der Waals surface area contributed by atoms with Crippen molar-refractivity contribution in [2.45, 2.75) is 65.5 Å². The summed E-state index contributed by atoms with van der Waals surface area (Å²) in [5.74, 6) is 1.86. The third kappa shape index (κ3) is 5.40. The molecule has 0 radical (unpaired) electrons. The van der Waals surface area contributed by atoms with Crippen LogP contribution in [0, 0.1) is 20.8 Å². The average Bonchev–Trinajstić information content (AvgIpc) is 3.35. The van der Waals surface area contributed by atoms with Crippen LogP contribution in [-0.4, -0.2) is 64.3 Å². The largest absolute Gasteiger partial charge is 0.356 e. The van der Waals surface area contributed by atoms with E-state index >= 15 is 0 Å². The summed E-state index contributed by atoms with van der Waals surface area (Å²) in [4.78, 5) is 42.4. The van der Waals surface area contributed by atoms with Gasteiger partial charge in [-0.05, 0) is 88.3 Å². The molecule has 2 aliphatic rings. The van der Waals surface area contributed by atoms with Crippen LogP contribution in [0.3, 0.4) is 0 Å². The minimum atomic E-state index is -0.0156. The lowest BCUT2D eigenvalue weighted by molar-refractivity contribution is 0.0687. The second-order valence-corrected chi connectivity index (χ2v) is 10.9. The molecule has 1 saturated heterocycles. The summed E-state index contributed by atoms with van der Waals surface area (Å²) in [7, 11) is 1.92. The standard InChI is InChI=1S/C32H39N5O2/c1-6-37(32(39)27-10-8-7-9-21(27)2)29-14-13-24-11-12-25(20-28(24)29)31(38)35(5)26-15-17-36(18-16-26)30-19-22(3)33-23(4)34-30/h7-12,19-20,26,29H,6,13-18H2,1-5H3/t29-/m1/s1. The number of hydrogen-bond donors (Lipinski definition) is 0. The minimum absolute atomic E-state index is 0.0156. The molecule has 5 rings (SSSR count). The molecule has 0 N–H and O–H groups in total. The lowest BCUT2D eigenvalue weighted by Gasteiger charge is -2.37. The molecule has 0 saturated carbocycles. The summed E-state index contributed by atoms with van der Waals surface area (Å²) in [6, 6.07) is 16.1. The molecule has 2 amide bonds. The third-order valence-electron chi connectivity index (χ3n) is 8.40. The van der Waals surface area contributed by atoms with Crippen molar-refractivity contribution in [3.63, 3.8) is 0 Å². The molecule has 2 aromatic carbocycles. The quantitative estimate of drug-likeness (QED) is 0.437. The van der Waals surface area contributed by atoms with Crippen LogP contribution in [0.5, 0.6) is 0 Å². The van der Waals surface area contributed by atoms with Crippen LogP contribution in [0.25, 0.3) is 0 Å². The zero-order chi connectivity index (χ0) is 27.7. The highest BCUT2D eigenvalue weighted by Crippen LogP contribution is 2.37. The maximum atomic E-state index is 13.6. The molecule has 1 fully saturated rings. The van der Waals surface area contributed by atoms with Gasteiger partial charge in [-0.1, -0.05) is 24.3 Å². The van der Waals surface area contributed by atoms with E-state index in [1.165, 1.54) is 5.56 Å². The van der Waals surface area contributed by atoms with Gasteiger partial charge in [0, 0.05) is 55.6 Å². The lowest BCUT2D eigenvalue weighted by Crippen LogP contribution is -2.46. The number of carbonyl (C=O) groups is 2. The van der Waals surface area contributed by atoms with Crippen molar-refractivity contribution < 1.29 is 9.59 Å². The van der Waals surface area contributed by atoms with Gasteiger partial charge in [0.1, 0.15) is 11.6 Å². The van der Waals surface area contributed by atoms with E-state index in [4.69, 9.17) is 0 Å². The van der Waals surface area contributed by atoms with Crippen LogP contribution in [0.1, 0.15) is 81.2 Å². The van der Waals surface area contributed by atoms with Gasteiger partial charge in [0.25, 0.3) is 11.8 Å². The predicted molar refractivity (Wildman–Crippen MR) is 154 cm³/mol. The Kier molecular flexibility index (Phi) is 7.69. The fourth-order valence-corrected chi connectivity index (χ4v) is 6.22. The van der Waals surface area contributed by atoms with Crippen molar-refractivity contribution in [1.82, 2.24) is 19.8 Å². The normalized spacial score (nSPS) is 17.2. The van der Waals surface area contributed by atoms with Gasteiger partial charge >= 0.3 is 0 Å². The smallest absolute Gasteiger partial charge is 0.254 e. The molecule has 1 aliphatic heterocycles. The van der Waals surface area contributed by atoms with Crippen LogP contribution < -0.4 is 4.90 Å². The molecule has 1 aromatic heterocycles. The minimum Gasteiger partial charge on any atom is -0.356 e. The number of carbonyl (C=O) groups excluding carboxylic acids is 2. The van der Waals surface area contributed by atoms with Gasteiger partial charge in [-0.25, -0.2) is 9.97 Å². The molecule has 39 heavy (non-hydrogen) atoms. The molecule has 204 valence electrons. The van der Waals surface area contributed by atoms with E-state index < -0.39 is 0 Å². The first-order valence-electron chi connectivity index (χ1n) is 14.1. The van der Waals surface area contributed by atoms with Gasteiger partial charge in [-0.2, -0.15) is 0 Å². The summed E-state index contributed by atoms with van der Waals surface area (Å²) in [6.07, 6.45) is 3.59. The van der Waals surface area contributed by atoms with Crippen molar-refractivity contribution in [3.05, 3.63) is 87.9 Å². The second kappa shape index (κ2) is 11.2. The molecule has 3 aromatic rings. The molecular formula is C32H39N5O2. The highest BCUT2D eigenvalue weighted by molar-refractivity contribution is 5.96. The number of fused-ring (bicyclic) bond motifs is 1. The summed E-state index contributed by atoms with van der Waals surface area (Å²) in [5, 5.41) is 0. The van der Waals surface area contributed by atoms with Crippen molar-refractivity contribution >= 4 is 17.6 Å². The SMILES string of the molecule is CCN(C(=O)c1ccccc1C)[C@@H]1CCc2ccc(C(=O)N(C)C3CCN(c4cc(C)nc(C)n4)CC3)cc21. The number of anilines is 1. The summed E-state index contributed by atoms with van der Waals surface area (Å²) in [6.45, 7) is 10.3. The molecule has 2 heterocycles. The Bertz CT molecular complexity index is 1360. The van der Waals surface area contributed by atoms with Gasteiger partial charge in [0.15, 0.2) is 0 Å². The Balaban J connectivity index is 1.29. The van der Waals surface area contributed by atoms with E-state index in [9.17, 15) is 9.59 Å². The lowest BCUT2D eigenvalue weighted by atomic mass is 9.99. The Labute approximate surface area is 231 Å². The number of nitrogens with zero attached hydrogens (tertiary/aromatic N) is 5. The summed E-state index contributed by atoms with van der Waals surface area (Å²) in [5.41, 5.74) is 5.76. The number of hydrogen-bond acceptors (Lipinski definition) is 5. The third-order valence-corrected chi connectivity index (χ3v) is 8.40. The maximum absolute atomic E-state index is 13.6. The van der Waals surface area contributed by atoms with E-state index in [-0.39, 0.29) is 23.9 Å². The van der Waals surface area contributed by atoms with Crippen molar-refractivity contribution in [3.8, 4) is 0 Å². The monoisotopic (exact) mass is 525 g/mol. The van der Waals surface area contributed by atoms with E-state index in [0.29, 0.717) is 12.1 Å². The van der Waals surface area contributed by atoms with Crippen molar-refractivity contribution in [2.24, 2.45) is 0 Å². The molecule has 0 spiro atoms. The topological polar surface area (TPSA) is 69.6 Å². The Morgan fingerprint density at radius 1 is 0.949 bits per heavy atom. The number of amides is 2. The van der Waals surface area contributed by atoms with Gasteiger partial charge in [-0.3, -0.25) is 9.59 Å². The van der Waals surface area contributed by atoms with Crippen LogP contribution in [0.4, 0.5) is 5.82 Å². The molecule has 7 nitrogen and oxygen atoms in total. The number of aromatic nitrogens is 2. The Morgan fingerprint density at radius 2 is 1.69 bits per heavy atom. The zero-order valence-electron chi connectivity index (χ0n) is 23.8. The Hall–Kier alpha value is -3.74. The molecule has 1 atom stereocenters. The van der Waals surface area contributed by atoms with Crippen molar-refractivity contribution in [2.75, 3.05) is 31.6 Å². The first-order chi connectivity index (χ1) is 18.8. The molecule has 0 unspecified atom stereocenters. The first kappa shape index (κ1) is 26.9. The molecule has 7 heteroatoms. The molecule has 1 aliphatic carbocycles. The highest BCUT2D eigenvalue weighted by Gasteiger charge is 2.33. The fourth-order valence-electron chi connectivity index (χ4n) is 6.22.